The topological polar surface area (TPSA) is 24.9 Å². The molecule has 0 fully saturated rings. The number of hydrogen-bond acceptors (Lipinski definition) is 3. The lowest BCUT2D eigenvalue weighted by Gasteiger charge is -2.23. The molecule has 0 radical (unpaired) electrons. The Hall–Kier alpha value is -1.19. The molecule has 2 nitrogen and oxygen atoms in total. The van der Waals surface area contributed by atoms with Crippen molar-refractivity contribution < 1.29 is 0 Å². The molecule has 108 valence electrons. The molecule has 2 rings (SSSR count). The minimum atomic E-state index is 0.242. The first-order valence-electron chi connectivity index (χ1n) is 7.21. The summed E-state index contributed by atoms with van der Waals surface area (Å²) in [6, 6.07) is 9.16. The molecule has 1 aromatic heterocycles. The molecule has 0 spiro atoms. The summed E-state index contributed by atoms with van der Waals surface area (Å²) >= 11 is 1.72. The van der Waals surface area contributed by atoms with Crippen LogP contribution in [-0.2, 0) is 5.41 Å². The molecule has 1 N–H and O–H groups in total. The molecule has 1 aromatic carbocycles. The molecule has 3 heteroatoms. The third-order valence-electron chi connectivity index (χ3n) is 4.17. The van der Waals surface area contributed by atoms with E-state index in [0.29, 0.717) is 6.04 Å². The lowest BCUT2D eigenvalue weighted by Crippen LogP contribution is -2.14. The Morgan fingerprint density at radius 1 is 1.25 bits per heavy atom. The second kappa shape index (κ2) is 6.06. The van der Waals surface area contributed by atoms with Crippen LogP contribution in [0.3, 0.4) is 0 Å². The Kier molecular flexibility index (Phi) is 4.61. The number of hydrogen-bond donors (Lipinski definition) is 1. The van der Waals surface area contributed by atoms with Crippen LogP contribution in [0.1, 0.15) is 50.7 Å². The molecule has 1 heterocycles. The minimum absolute atomic E-state index is 0.242. The van der Waals surface area contributed by atoms with Crippen molar-refractivity contribution in [2.45, 2.75) is 45.6 Å². The molecule has 1 atom stereocenters. The van der Waals surface area contributed by atoms with Crippen molar-refractivity contribution in [1.82, 2.24) is 10.3 Å². The highest BCUT2D eigenvalue weighted by molar-refractivity contribution is 7.10. The van der Waals surface area contributed by atoms with E-state index in [1.807, 2.05) is 7.05 Å². The van der Waals surface area contributed by atoms with E-state index in [9.17, 15) is 0 Å². The molecule has 1 unspecified atom stereocenters. The van der Waals surface area contributed by atoms with Gasteiger partial charge in [0.2, 0.25) is 0 Å². The molecule has 0 amide bonds. The first-order chi connectivity index (χ1) is 9.47. The second-order valence-corrected chi connectivity index (χ2v) is 6.79. The fourth-order valence-electron chi connectivity index (χ4n) is 2.04. The van der Waals surface area contributed by atoms with Gasteiger partial charge in [-0.05, 0) is 31.4 Å². The maximum atomic E-state index is 4.72. The van der Waals surface area contributed by atoms with Crippen molar-refractivity contribution >= 4 is 11.3 Å². The van der Waals surface area contributed by atoms with Crippen molar-refractivity contribution in [3.63, 3.8) is 0 Å². The number of nitrogens with zero attached hydrogens (tertiary/aromatic N) is 1. The zero-order chi connectivity index (χ0) is 14.8. The third kappa shape index (κ3) is 3.10. The molecule has 0 aliphatic carbocycles. The van der Waals surface area contributed by atoms with Gasteiger partial charge in [-0.25, -0.2) is 4.98 Å². The number of rotatable bonds is 5. The fraction of sp³-hybridized carbons (Fsp3) is 0.471. The number of thiazole rings is 1. The van der Waals surface area contributed by atoms with Gasteiger partial charge in [0.15, 0.2) is 0 Å². The molecule has 0 saturated heterocycles. The van der Waals surface area contributed by atoms with Gasteiger partial charge in [-0.3, -0.25) is 0 Å². The van der Waals surface area contributed by atoms with E-state index in [1.165, 1.54) is 11.1 Å². The van der Waals surface area contributed by atoms with E-state index < -0.39 is 0 Å². The van der Waals surface area contributed by atoms with E-state index in [0.717, 1.165) is 17.1 Å². The van der Waals surface area contributed by atoms with Crippen LogP contribution < -0.4 is 5.32 Å². The summed E-state index contributed by atoms with van der Waals surface area (Å²) in [6.45, 7) is 8.95. The highest BCUT2D eigenvalue weighted by Crippen LogP contribution is 2.30. The van der Waals surface area contributed by atoms with E-state index >= 15 is 0 Å². The molecule has 0 aliphatic rings. The van der Waals surface area contributed by atoms with Gasteiger partial charge in [0.1, 0.15) is 5.01 Å². The Labute approximate surface area is 126 Å². The summed E-state index contributed by atoms with van der Waals surface area (Å²) in [4.78, 5) is 4.72. The predicted molar refractivity (Wildman–Crippen MR) is 88.3 cm³/mol. The van der Waals surface area contributed by atoms with E-state index in [4.69, 9.17) is 4.98 Å². The molecule has 0 saturated carbocycles. The van der Waals surface area contributed by atoms with E-state index in [1.54, 1.807) is 11.3 Å². The van der Waals surface area contributed by atoms with Gasteiger partial charge in [-0.2, -0.15) is 0 Å². The largest absolute Gasteiger partial charge is 0.311 e. The quantitative estimate of drug-likeness (QED) is 0.856. The predicted octanol–water partition coefficient (Wildman–Crippen LogP) is 4.78. The molecular weight excluding hydrogens is 264 g/mol. The molecule has 0 aliphatic heterocycles. The molecule has 20 heavy (non-hydrogen) atoms. The second-order valence-electron chi connectivity index (χ2n) is 5.90. The van der Waals surface area contributed by atoms with Gasteiger partial charge < -0.3 is 5.32 Å². The Morgan fingerprint density at radius 2 is 1.90 bits per heavy atom. The average Bonchev–Trinajstić information content (AvgIpc) is 2.96. The fourth-order valence-corrected chi connectivity index (χ4v) is 2.93. The van der Waals surface area contributed by atoms with Crippen molar-refractivity contribution in [3.05, 3.63) is 40.2 Å². The Morgan fingerprint density at radius 3 is 2.45 bits per heavy atom. The van der Waals surface area contributed by atoms with Crippen LogP contribution in [-0.4, -0.2) is 12.0 Å². The van der Waals surface area contributed by atoms with Gasteiger partial charge >= 0.3 is 0 Å². The van der Waals surface area contributed by atoms with E-state index in [2.05, 4.69) is 62.7 Å². The summed E-state index contributed by atoms with van der Waals surface area (Å²) in [5.74, 6) is 0. The standard InChI is InChI=1S/C17H24N2S/c1-6-17(3,4)14-9-7-13(8-10-14)15-11-20-16(19-15)12(2)18-5/h7-12,18H,6H2,1-5H3. The average molecular weight is 288 g/mol. The minimum Gasteiger partial charge on any atom is -0.311 e. The summed E-state index contributed by atoms with van der Waals surface area (Å²) in [5, 5.41) is 6.51. The normalized spacial score (nSPS) is 13.4. The Bertz CT molecular complexity index is 555. The van der Waals surface area contributed by atoms with Crippen LogP contribution in [0.25, 0.3) is 11.3 Å². The maximum absolute atomic E-state index is 4.72. The maximum Gasteiger partial charge on any atom is 0.110 e. The van der Waals surface area contributed by atoms with Gasteiger partial charge in [0.25, 0.3) is 0 Å². The monoisotopic (exact) mass is 288 g/mol. The highest BCUT2D eigenvalue weighted by atomic mass is 32.1. The van der Waals surface area contributed by atoms with Crippen LogP contribution >= 0.6 is 11.3 Å². The van der Waals surface area contributed by atoms with Gasteiger partial charge in [-0.15, -0.1) is 11.3 Å². The summed E-state index contributed by atoms with van der Waals surface area (Å²) in [7, 11) is 1.97. The van der Waals surface area contributed by atoms with Crippen LogP contribution in [0.15, 0.2) is 29.6 Å². The van der Waals surface area contributed by atoms with Crippen molar-refractivity contribution in [1.29, 1.82) is 0 Å². The summed E-state index contributed by atoms with van der Waals surface area (Å²) < 4.78 is 0. The summed E-state index contributed by atoms with van der Waals surface area (Å²) in [5.41, 5.74) is 3.91. The lowest BCUT2D eigenvalue weighted by atomic mass is 9.82. The smallest absolute Gasteiger partial charge is 0.110 e. The SMILES string of the molecule is CCC(C)(C)c1ccc(-c2csc(C(C)NC)n2)cc1. The lowest BCUT2D eigenvalue weighted by molar-refractivity contribution is 0.506. The van der Waals surface area contributed by atoms with Crippen molar-refractivity contribution in [3.8, 4) is 11.3 Å². The zero-order valence-corrected chi connectivity index (χ0v) is 13.8. The molecule has 2 aromatic rings. The number of aromatic nitrogens is 1. The Balaban J connectivity index is 2.24. The molecule has 0 bridgehead atoms. The molecular formula is C17H24N2S. The van der Waals surface area contributed by atoms with Crippen LogP contribution in [0, 0.1) is 0 Å². The van der Waals surface area contributed by atoms with Crippen LogP contribution in [0.2, 0.25) is 0 Å². The summed E-state index contributed by atoms with van der Waals surface area (Å²) in [6.07, 6.45) is 1.15. The first kappa shape index (κ1) is 15.2. The highest BCUT2D eigenvalue weighted by Gasteiger charge is 2.18. The van der Waals surface area contributed by atoms with Crippen LogP contribution in [0.5, 0.6) is 0 Å². The number of nitrogens with one attached hydrogen (secondary N) is 1. The zero-order valence-electron chi connectivity index (χ0n) is 13.0. The van der Waals surface area contributed by atoms with Crippen LogP contribution in [0.4, 0.5) is 0 Å². The van der Waals surface area contributed by atoms with Gasteiger partial charge in [0, 0.05) is 10.9 Å². The van der Waals surface area contributed by atoms with Gasteiger partial charge in [0.05, 0.1) is 11.7 Å². The first-order valence-corrected chi connectivity index (χ1v) is 8.09. The van der Waals surface area contributed by atoms with Crippen molar-refractivity contribution in [2.24, 2.45) is 0 Å². The van der Waals surface area contributed by atoms with Gasteiger partial charge in [-0.1, -0.05) is 45.0 Å². The number of benzene rings is 1. The van der Waals surface area contributed by atoms with Crippen molar-refractivity contribution in [2.75, 3.05) is 7.05 Å². The third-order valence-corrected chi connectivity index (χ3v) is 5.20. The van der Waals surface area contributed by atoms with E-state index in [-0.39, 0.29) is 5.41 Å².